The van der Waals surface area contributed by atoms with Gasteiger partial charge in [-0.05, 0) is 55.3 Å². The number of fused-ring (bicyclic) bond motifs is 1. The maximum Gasteiger partial charge on any atom is 0.266 e. The Kier molecular flexibility index (Phi) is 4.78. The van der Waals surface area contributed by atoms with Crippen LogP contribution in [0.25, 0.3) is 0 Å². The number of imide groups is 1. The number of aryl methyl sites for hydroxylation is 2. The molecule has 162 valence electrons. The molecule has 3 atom stereocenters. The van der Waals surface area contributed by atoms with E-state index in [0.29, 0.717) is 16.9 Å². The van der Waals surface area contributed by atoms with Crippen molar-refractivity contribution >= 4 is 23.2 Å². The zero-order valence-corrected chi connectivity index (χ0v) is 17.5. The van der Waals surface area contributed by atoms with Gasteiger partial charge in [0.2, 0.25) is 5.91 Å². The average Bonchev–Trinajstić information content (AvgIpc) is 3.28. The summed E-state index contributed by atoms with van der Waals surface area (Å²) in [4.78, 5) is 34.1. The van der Waals surface area contributed by atoms with Crippen molar-refractivity contribution in [1.29, 1.82) is 0 Å². The molecule has 7 heteroatoms. The van der Waals surface area contributed by atoms with Crippen LogP contribution in [0.1, 0.15) is 22.7 Å². The molecule has 0 N–H and O–H groups in total. The van der Waals surface area contributed by atoms with Gasteiger partial charge in [0.1, 0.15) is 5.92 Å². The Balaban J connectivity index is 1.61. The van der Waals surface area contributed by atoms with Crippen LogP contribution in [0.2, 0.25) is 0 Å². The summed E-state index contributed by atoms with van der Waals surface area (Å²) >= 11 is 0. The van der Waals surface area contributed by atoms with E-state index in [1.165, 1.54) is 11.1 Å². The number of nitrogens with zero attached hydrogens (tertiary/aromatic N) is 2. The largest absolute Gasteiger partial charge is 0.273 e. The topological polar surface area (TPSA) is 49.9 Å². The minimum absolute atomic E-state index is 0.351. The van der Waals surface area contributed by atoms with Gasteiger partial charge in [0.15, 0.2) is 17.7 Å². The van der Waals surface area contributed by atoms with Gasteiger partial charge in [-0.1, -0.05) is 42.0 Å². The van der Waals surface area contributed by atoms with E-state index in [9.17, 15) is 18.4 Å². The number of rotatable bonds is 3. The highest BCUT2D eigenvalue weighted by Gasteiger charge is 2.60. The number of para-hydroxylation sites is 1. The summed E-state index contributed by atoms with van der Waals surface area (Å²) in [6.45, 7) is 3.76. The molecule has 0 saturated carbocycles. The number of carbonyl (C=O) groups excluding carboxylic acids is 2. The summed E-state index contributed by atoms with van der Waals surface area (Å²) in [6, 6.07) is 17.1. The molecule has 32 heavy (non-hydrogen) atoms. The van der Waals surface area contributed by atoms with Crippen LogP contribution in [-0.4, -0.2) is 17.9 Å². The summed E-state index contributed by atoms with van der Waals surface area (Å²) in [5, 5.41) is 1.46. The summed E-state index contributed by atoms with van der Waals surface area (Å²) in [5.74, 6) is -3.82. The molecule has 5 rings (SSSR count). The van der Waals surface area contributed by atoms with Crippen LogP contribution in [0, 0.1) is 31.4 Å². The number of halogens is 2. The predicted molar refractivity (Wildman–Crippen MR) is 115 cm³/mol. The fourth-order valence-electron chi connectivity index (χ4n) is 4.54. The third-order valence-electron chi connectivity index (χ3n) is 6.00. The van der Waals surface area contributed by atoms with Crippen LogP contribution in [0.4, 0.5) is 20.2 Å². The lowest BCUT2D eigenvalue weighted by Crippen LogP contribution is -2.37. The van der Waals surface area contributed by atoms with E-state index in [4.69, 9.17) is 4.84 Å². The molecule has 2 heterocycles. The first kappa shape index (κ1) is 20.3. The van der Waals surface area contributed by atoms with E-state index in [2.05, 4.69) is 0 Å². The molecule has 5 nitrogen and oxygen atoms in total. The second kappa shape index (κ2) is 7.53. The molecule has 2 aliphatic rings. The van der Waals surface area contributed by atoms with Gasteiger partial charge < -0.3 is 0 Å². The SMILES string of the molecule is Cc1ccc(N2C(=O)C3ON(c4ccccc4)C(c4ccc(F)c(F)c4)C3C2=O)c(C)c1. The smallest absolute Gasteiger partial charge is 0.266 e. The van der Waals surface area contributed by atoms with Gasteiger partial charge in [0.05, 0.1) is 17.4 Å². The lowest BCUT2D eigenvalue weighted by molar-refractivity contribution is -0.126. The molecule has 3 aromatic rings. The Morgan fingerprint density at radius 3 is 2.28 bits per heavy atom. The molecular weight excluding hydrogens is 414 g/mol. The first-order valence-corrected chi connectivity index (χ1v) is 10.3. The van der Waals surface area contributed by atoms with Gasteiger partial charge >= 0.3 is 0 Å². The molecule has 2 fully saturated rings. The van der Waals surface area contributed by atoms with Gasteiger partial charge in [-0.15, -0.1) is 0 Å². The number of benzene rings is 3. The van der Waals surface area contributed by atoms with E-state index in [1.807, 2.05) is 32.0 Å². The van der Waals surface area contributed by atoms with Crippen molar-refractivity contribution in [3.63, 3.8) is 0 Å². The highest BCUT2D eigenvalue weighted by molar-refractivity contribution is 6.24. The van der Waals surface area contributed by atoms with Gasteiger partial charge in [-0.3, -0.25) is 14.4 Å². The first-order chi connectivity index (χ1) is 15.4. The number of anilines is 2. The molecule has 0 spiro atoms. The van der Waals surface area contributed by atoms with Gasteiger partial charge in [-0.2, -0.15) is 0 Å². The normalized spacial score (nSPS) is 22.6. The molecule has 3 unspecified atom stereocenters. The zero-order chi connectivity index (χ0) is 22.6. The van der Waals surface area contributed by atoms with Crippen LogP contribution < -0.4 is 9.96 Å². The molecule has 3 aromatic carbocycles. The predicted octanol–water partition coefficient (Wildman–Crippen LogP) is 4.63. The molecule has 2 saturated heterocycles. The quantitative estimate of drug-likeness (QED) is 0.564. The van der Waals surface area contributed by atoms with Gasteiger partial charge in [0, 0.05) is 0 Å². The van der Waals surface area contributed by atoms with Gasteiger partial charge in [-0.25, -0.2) is 18.7 Å². The second-order valence-electron chi connectivity index (χ2n) is 8.13. The highest BCUT2D eigenvalue weighted by Crippen LogP contribution is 2.48. The van der Waals surface area contributed by atoms with Crippen LogP contribution in [0.3, 0.4) is 0 Å². The third kappa shape index (κ3) is 3.08. The van der Waals surface area contributed by atoms with Crippen molar-refractivity contribution in [3.8, 4) is 0 Å². The van der Waals surface area contributed by atoms with Crippen molar-refractivity contribution < 1.29 is 23.2 Å². The second-order valence-corrected chi connectivity index (χ2v) is 8.13. The van der Waals surface area contributed by atoms with Crippen molar-refractivity contribution in [2.75, 3.05) is 9.96 Å². The lowest BCUT2D eigenvalue weighted by Gasteiger charge is -2.29. The number of hydrogen-bond acceptors (Lipinski definition) is 4. The summed E-state index contributed by atoms with van der Waals surface area (Å²) in [5.41, 5.74) is 3.26. The maximum atomic E-state index is 14.1. The Bertz CT molecular complexity index is 1230. The third-order valence-corrected chi connectivity index (χ3v) is 6.00. The molecule has 0 radical (unpaired) electrons. The minimum atomic E-state index is -1.07. The average molecular weight is 434 g/mol. The fourth-order valence-corrected chi connectivity index (χ4v) is 4.54. The van der Waals surface area contributed by atoms with E-state index in [0.717, 1.165) is 28.2 Å². The molecule has 0 aromatic heterocycles. The number of hydroxylamine groups is 1. The van der Waals surface area contributed by atoms with Crippen LogP contribution in [0.15, 0.2) is 66.7 Å². The van der Waals surface area contributed by atoms with Crippen molar-refractivity contribution in [2.45, 2.75) is 26.0 Å². The first-order valence-electron chi connectivity index (χ1n) is 10.3. The minimum Gasteiger partial charge on any atom is -0.273 e. The lowest BCUT2D eigenvalue weighted by atomic mass is 9.90. The van der Waals surface area contributed by atoms with Gasteiger partial charge in [0.25, 0.3) is 5.91 Å². The highest BCUT2D eigenvalue weighted by atomic mass is 19.2. The number of hydrogen-bond donors (Lipinski definition) is 0. The van der Waals surface area contributed by atoms with E-state index >= 15 is 0 Å². The van der Waals surface area contributed by atoms with Crippen molar-refractivity contribution in [1.82, 2.24) is 0 Å². The Labute approximate surface area is 183 Å². The van der Waals surface area contributed by atoms with Crippen LogP contribution in [-0.2, 0) is 14.4 Å². The van der Waals surface area contributed by atoms with Crippen molar-refractivity contribution in [2.24, 2.45) is 5.92 Å². The van der Waals surface area contributed by atoms with Crippen LogP contribution in [0.5, 0.6) is 0 Å². The Hall–Kier alpha value is -3.58. The summed E-state index contributed by atoms with van der Waals surface area (Å²) < 4.78 is 27.7. The van der Waals surface area contributed by atoms with E-state index in [1.54, 1.807) is 30.3 Å². The molecule has 0 bridgehead atoms. The number of carbonyl (C=O) groups is 2. The Morgan fingerprint density at radius 1 is 0.844 bits per heavy atom. The Morgan fingerprint density at radius 2 is 1.59 bits per heavy atom. The molecular formula is C25H20F2N2O3. The van der Waals surface area contributed by atoms with Crippen LogP contribution >= 0.6 is 0 Å². The number of amides is 2. The summed E-state index contributed by atoms with van der Waals surface area (Å²) in [7, 11) is 0. The molecule has 2 amide bonds. The van der Waals surface area contributed by atoms with E-state index in [-0.39, 0.29) is 0 Å². The van der Waals surface area contributed by atoms with E-state index < -0.39 is 41.5 Å². The molecule has 2 aliphatic heterocycles. The summed E-state index contributed by atoms with van der Waals surface area (Å²) in [6.07, 6.45) is -1.07. The van der Waals surface area contributed by atoms with Crippen molar-refractivity contribution in [3.05, 3.63) is 95.1 Å². The fraction of sp³-hybridized carbons (Fsp3) is 0.200. The zero-order valence-electron chi connectivity index (χ0n) is 17.5. The molecule has 0 aliphatic carbocycles. The maximum absolute atomic E-state index is 14.1. The standard InChI is InChI=1S/C25H20F2N2O3/c1-14-8-11-20(15(2)12-14)28-24(30)21-22(16-9-10-18(26)19(27)13-16)29(32-23(21)25(28)31)17-6-4-3-5-7-17/h3-13,21-23H,1-2H3. The monoisotopic (exact) mass is 434 g/mol.